The van der Waals surface area contributed by atoms with Crippen molar-refractivity contribution in [2.45, 2.75) is 32.6 Å². The standard InChI is InChI=1S/C13H20N2O2/c1-2-3-4-11-5-7-12(8-6-11)17-10-9-13(16)15-14/h5-8H,2-4,9-10,14H2,1H3,(H,15,16). The average molecular weight is 236 g/mol. The van der Waals surface area contributed by atoms with Crippen molar-refractivity contribution in [1.82, 2.24) is 5.43 Å². The highest BCUT2D eigenvalue weighted by Crippen LogP contribution is 2.14. The van der Waals surface area contributed by atoms with Gasteiger partial charge in [0.05, 0.1) is 13.0 Å². The van der Waals surface area contributed by atoms with Crippen LogP contribution in [0.25, 0.3) is 0 Å². The van der Waals surface area contributed by atoms with Crippen LogP contribution in [-0.4, -0.2) is 12.5 Å². The van der Waals surface area contributed by atoms with Gasteiger partial charge in [0.15, 0.2) is 0 Å². The largest absolute Gasteiger partial charge is 0.493 e. The van der Waals surface area contributed by atoms with Crippen molar-refractivity contribution >= 4 is 5.91 Å². The van der Waals surface area contributed by atoms with E-state index in [1.165, 1.54) is 18.4 Å². The molecule has 0 aliphatic rings. The highest BCUT2D eigenvalue weighted by molar-refractivity contribution is 5.75. The highest BCUT2D eigenvalue weighted by Gasteiger charge is 1.99. The Kier molecular flexibility index (Phi) is 6.10. The van der Waals surface area contributed by atoms with E-state index in [-0.39, 0.29) is 12.3 Å². The second-order valence-electron chi connectivity index (χ2n) is 3.91. The van der Waals surface area contributed by atoms with Gasteiger partial charge in [-0.15, -0.1) is 0 Å². The highest BCUT2D eigenvalue weighted by atomic mass is 16.5. The molecule has 17 heavy (non-hydrogen) atoms. The minimum atomic E-state index is -0.218. The Balaban J connectivity index is 2.32. The lowest BCUT2D eigenvalue weighted by Crippen LogP contribution is -2.31. The summed E-state index contributed by atoms with van der Waals surface area (Å²) >= 11 is 0. The first kappa shape index (κ1) is 13.5. The molecule has 0 fully saturated rings. The fourth-order valence-electron chi connectivity index (χ4n) is 1.47. The molecule has 0 unspecified atom stereocenters. The molecule has 94 valence electrons. The molecule has 4 heteroatoms. The van der Waals surface area contributed by atoms with Crippen LogP contribution in [0.15, 0.2) is 24.3 Å². The number of nitrogens with two attached hydrogens (primary N) is 1. The van der Waals surface area contributed by atoms with E-state index in [1.807, 2.05) is 12.1 Å². The fraction of sp³-hybridized carbons (Fsp3) is 0.462. The van der Waals surface area contributed by atoms with Gasteiger partial charge in [-0.05, 0) is 30.5 Å². The third-order valence-electron chi connectivity index (χ3n) is 2.50. The smallest absolute Gasteiger partial charge is 0.237 e. The molecule has 1 aromatic rings. The van der Waals surface area contributed by atoms with Crippen LogP contribution in [0.3, 0.4) is 0 Å². The van der Waals surface area contributed by atoms with Gasteiger partial charge < -0.3 is 4.74 Å². The first-order valence-electron chi connectivity index (χ1n) is 5.97. The molecule has 0 radical (unpaired) electrons. The molecule has 1 rings (SSSR count). The quantitative estimate of drug-likeness (QED) is 0.431. The number of unbranched alkanes of at least 4 members (excludes halogenated alkanes) is 1. The van der Waals surface area contributed by atoms with E-state index in [2.05, 4.69) is 24.5 Å². The van der Waals surface area contributed by atoms with E-state index in [1.54, 1.807) is 0 Å². The summed E-state index contributed by atoms with van der Waals surface area (Å²) in [6, 6.07) is 8.00. The molecule has 0 spiro atoms. The van der Waals surface area contributed by atoms with Crippen LogP contribution < -0.4 is 16.0 Å². The SMILES string of the molecule is CCCCc1ccc(OCCC(=O)NN)cc1. The number of rotatable bonds is 7. The third kappa shape index (κ3) is 5.36. The zero-order valence-corrected chi connectivity index (χ0v) is 10.2. The molecule has 0 aliphatic heterocycles. The summed E-state index contributed by atoms with van der Waals surface area (Å²) in [5.41, 5.74) is 3.38. The molecule has 0 heterocycles. The number of aryl methyl sites for hydroxylation is 1. The van der Waals surface area contributed by atoms with Crippen molar-refractivity contribution in [1.29, 1.82) is 0 Å². The molecule has 4 nitrogen and oxygen atoms in total. The maximum atomic E-state index is 10.9. The van der Waals surface area contributed by atoms with E-state index in [0.29, 0.717) is 6.61 Å². The van der Waals surface area contributed by atoms with Crippen LogP contribution in [-0.2, 0) is 11.2 Å². The zero-order valence-electron chi connectivity index (χ0n) is 10.2. The van der Waals surface area contributed by atoms with Crippen LogP contribution in [0, 0.1) is 0 Å². The first-order chi connectivity index (χ1) is 8.26. The van der Waals surface area contributed by atoms with Crippen molar-refractivity contribution in [3.05, 3.63) is 29.8 Å². The Labute approximate surface area is 102 Å². The summed E-state index contributed by atoms with van der Waals surface area (Å²) < 4.78 is 5.42. The lowest BCUT2D eigenvalue weighted by atomic mass is 10.1. The number of hydrazine groups is 1. The number of carbonyl (C=O) groups excluding carboxylic acids is 1. The lowest BCUT2D eigenvalue weighted by molar-refractivity contribution is -0.121. The summed E-state index contributed by atoms with van der Waals surface area (Å²) in [5, 5.41) is 0. The first-order valence-corrected chi connectivity index (χ1v) is 5.97. The molecule has 0 aliphatic carbocycles. The van der Waals surface area contributed by atoms with E-state index in [0.717, 1.165) is 12.2 Å². The molecular weight excluding hydrogens is 216 g/mol. The van der Waals surface area contributed by atoms with Gasteiger partial charge >= 0.3 is 0 Å². The second kappa shape index (κ2) is 7.68. The van der Waals surface area contributed by atoms with E-state index < -0.39 is 0 Å². The van der Waals surface area contributed by atoms with Crippen LogP contribution in [0.1, 0.15) is 31.7 Å². The van der Waals surface area contributed by atoms with E-state index in [9.17, 15) is 4.79 Å². The topological polar surface area (TPSA) is 64.3 Å². The van der Waals surface area contributed by atoms with Crippen LogP contribution in [0.5, 0.6) is 5.75 Å². The van der Waals surface area contributed by atoms with Crippen LogP contribution in [0.2, 0.25) is 0 Å². The third-order valence-corrected chi connectivity index (χ3v) is 2.50. The Morgan fingerprint density at radius 3 is 2.65 bits per heavy atom. The van der Waals surface area contributed by atoms with Gasteiger partial charge in [0.25, 0.3) is 0 Å². The number of hydrogen-bond acceptors (Lipinski definition) is 3. The van der Waals surface area contributed by atoms with Crippen LogP contribution in [0.4, 0.5) is 0 Å². The van der Waals surface area contributed by atoms with Crippen molar-refractivity contribution < 1.29 is 9.53 Å². The molecule has 0 atom stereocenters. The summed E-state index contributed by atoms with van der Waals surface area (Å²) in [7, 11) is 0. The lowest BCUT2D eigenvalue weighted by Gasteiger charge is -2.06. The molecule has 3 N–H and O–H groups in total. The summed E-state index contributed by atoms with van der Waals surface area (Å²) in [4.78, 5) is 10.9. The number of hydrogen-bond donors (Lipinski definition) is 2. The summed E-state index contributed by atoms with van der Waals surface area (Å²) in [6.45, 7) is 2.53. The Morgan fingerprint density at radius 2 is 2.06 bits per heavy atom. The molecule has 0 aromatic heterocycles. The predicted molar refractivity (Wildman–Crippen MR) is 67.5 cm³/mol. The minimum Gasteiger partial charge on any atom is -0.493 e. The molecule has 0 bridgehead atoms. The van der Waals surface area contributed by atoms with E-state index >= 15 is 0 Å². The number of carbonyl (C=O) groups is 1. The normalized spacial score (nSPS) is 10.0. The van der Waals surface area contributed by atoms with Gasteiger partial charge in [-0.1, -0.05) is 25.5 Å². The van der Waals surface area contributed by atoms with Gasteiger partial charge in [-0.3, -0.25) is 10.2 Å². The van der Waals surface area contributed by atoms with Gasteiger partial charge in [0, 0.05) is 0 Å². The Hall–Kier alpha value is -1.55. The van der Waals surface area contributed by atoms with Crippen molar-refractivity contribution in [3.63, 3.8) is 0 Å². The molecule has 1 amide bonds. The number of amides is 1. The summed E-state index contributed by atoms with van der Waals surface area (Å²) in [5.74, 6) is 5.53. The summed E-state index contributed by atoms with van der Waals surface area (Å²) in [6.07, 6.45) is 3.78. The Bertz CT molecular complexity index is 336. The average Bonchev–Trinajstić information content (AvgIpc) is 2.37. The maximum Gasteiger partial charge on any atom is 0.237 e. The van der Waals surface area contributed by atoms with Gasteiger partial charge in [0.2, 0.25) is 5.91 Å². The molecule has 1 aromatic carbocycles. The number of ether oxygens (including phenoxy) is 1. The van der Waals surface area contributed by atoms with Crippen molar-refractivity contribution in [2.75, 3.05) is 6.61 Å². The zero-order chi connectivity index (χ0) is 12.5. The van der Waals surface area contributed by atoms with Crippen LogP contribution >= 0.6 is 0 Å². The fourth-order valence-corrected chi connectivity index (χ4v) is 1.47. The van der Waals surface area contributed by atoms with Gasteiger partial charge in [-0.25, -0.2) is 5.84 Å². The number of benzene rings is 1. The second-order valence-corrected chi connectivity index (χ2v) is 3.91. The minimum absolute atomic E-state index is 0.218. The molecule has 0 saturated heterocycles. The maximum absolute atomic E-state index is 10.9. The van der Waals surface area contributed by atoms with Crippen molar-refractivity contribution in [2.24, 2.45) is 5.84 Å². The molecule has 0 saturated carbocycles. The van der Waals surface area contributed by atoms with E-state index in [4.69, 9.17) is 10.6 Å². The number of nitrogens with one attached hydrogen (secondary N) is 1. The van der Waals surface area contributed by atoms with Crippen molar-refractivity contribution in [3.8, 4) is 5.75 Å². The predicted octanol–water partition coefficient (Wildman–Crippen LogP) is 1.79. The van der Waals surface area contributed by atoms with Gasteiger partial charge in [-0.2, -0.15) is 0 Å². The van der Waals surface area contributed by atoms with Gasteiger partial charge in [0.1, 0.15) is 5.75 Å². The molecular formula is C13H20N2O2. The Morgan fingerprint density at radius 1 is 1.35 bits per heavy atom. The monoisotopic (exact) mass is 236 g/mol.